The molecule has 0 aromatic carbocycles. The second kappa shape index (κ2) is 6.18. The Balaban J connectivity index is 2.15. The summed E-state index contributed by atoms with van der Waals surface area (Å²) in [6, 6.07) is 1.61. The van der Waals surface area contributed by atoms with E-state index < -0.39 is 11.4 Å². The number of nitrogens with one attached hydrogen (secondary N) is 1. The average molecular weight is 309 g/mol. The van der Waals surface area contributed by atoms with Crippen molar-refractivity contribution in [1.29, 1.82) is 0 Å². The smallest absolute Gasteiger partial charge is 0.311 e. The van der Waals surface area contributed by atoms with Crippen LogP contribution in [-0.4, -0.2) is 23.0 Å². The van der Waals surface area contributed by atoms with Crippen molar-refractivity contribution in [3.8, 4) is 0 Å². The fourth-order valence-electron chi connectivity index (χ4n) is 3.03. The standard InChI is InChI=1S/C16H23NO3S/c1-4-11-10(2)9-12(21-11)14(18)17-13-7-5-6-8-16(13,3)15(19)20/h9,13H,4-8H2,1-3H3,(H,17,18)(H,19,20). The lowest BCUT2D eigenvalue weighted by Crippen LogP contribution is -2.52. The van der Waals surface area contributed by atoms with E-state index in [0.29, 0.717) is 11.3 Å². The van der Waals surface area contributed by atoms with Crippen molar-refractivity contribution in [2.24, 2.45) is 5.41 Å². The fraction of sp³-hybridized carbons (Fsp3) is 0.625. The Morgan fingerprint density at radius 3 is 2.76 bits per heavy atom. The third kappa shape index (κ3) is 3.12. The molecule has 0 bridgehead atoms. The van der Waals surface area contributed by atoms with Crippen molar-refractivity contribution in [3.63, 3.8) is 0 Å². The lowest BCUT2D eigenvalue weighted by molar-refractivity contribution is -0.151. The molecule has 4 nitrogen and oxygen atoms in total. The van der Waals surface area contributed by atoms with Crippen LogP contribution < -0.4 is 5.32 Å². The monoisotopic (exact) mass is 309 g/mol. The number of thiophene rings is 1. The number of aliphatic carboxylic acids is 1. The summed E-state index contributed by atoms with van der Waals surface area (Å²) in [6.07, 6.45) is 4.15. The fourth-order valence-corrected chi connectivity index (χ4v) is 4.05. The van der Waals surface area contributed by atoms with Crippen molar-refractivity contribution in [3.05, 3.63) is 21.4 Å². The second-order valence-electron chi connectivity index (χ2n) is 6.06. The van der Waals surface area contributed by atoms with Crippen molar-refractivity contribution < 1.29 is 14.7 Å². The van der Waals surface area contributed by atoms with Crippen LogP contribution in [0.15, 0.2) is 6.07 Å². The van der Waals surface area contributed by atoms with Crippen LogP contribution in [0.1, 0.15) is 59.6 Å². The van der Waals surface area contributed by atoms with Gasteiger partial charge in [0.25, 0.3) is 5.91 Å². The first kappa shape index (κ1) is 16.0. The second-order valence-corrected chi connectivity index (χ2v) is 7.20. The van der Waals surface area contributed by atoms with E-state index in [9.17, 15) is 14.7 Å². The number of carbonyl (C=O) groups excluding carboxylic acids is 1. The molecule has 2 rings (SSSR count). The minimum absolute atomic E-state index is 0.137. The molecule has 2 atom stereocenters. The Morgan fingerprint density at radius 1 is 1.48 bits per heavy atom. The Morgan fingerprint density at radius 2 is 2.19 bits per heavy atom. The third-order valence-electron chi connectivity index (χ3n) is 4.57. The van der Waals surface area contributed by atoms with E-state index in [-0.39, 0.29) is 11.9 Å². The summed E-state index contributed by atoms with van der Waals surface area (Å²) in [4.78, 5) is 25.9. The van der Waals surface area contributed by atoms with Gasteiger partial charge in [0.1, 0.15) is 0 Å². The Kier molecular flexibility index (Phi) is 4.71. The molecule has 2 N–H and O–H groups in total. The normalized spacial score (nSPS) is 25.6. The SMILES string of the molecule is CCc1sc(C(=O)NC2CCCCC2(C)C(=O)O)cc1C. The van der Waals surface area contributed by atoms with Gasteiger partial charge in [0.15, 0.2) is 0 Å². The number of carboxylic acids is 1. The first-order chi connectivity index (χ1) is 9.88. The van der Waals surface area contributed by atoms with Gasteiger partial charge in [-0.2, -0.15) is 0 Å². The largest absolute Gasteiger partial charge is 0.481 e. The molecule has 0 spiro atoms. The zero-order valence-electron chi connectivity index (χ0n) is 12.9. The van der Waals surface area contributed by atoms with E-state index in [1.807, 2.05) is 13.0 Å². The highest BCUT2D eigenvalue weighted by Crippen LogP contribution is 2.36. The van der Waals surface area contributed by atoms with Crippen LogP contribution in [-0.2, 0) is 11.2 Å². The Labute approximate surface area is 129 Å². The summed E-state index contributed by atoms with van der Waals surface area (Å²) >= 11 is 1.51. The van der Waals surface area contributed by atoms with Gasteiger partial charge in [-0.3, -0.25) is 9.59 Å². The zero-order chi connectivity index (χ0) is 15.6. The highest BCUT2D eigenvalue weighted by atomic mass is 32.1. The maximum Gasteiger partial charge on any atom is 0.311 e. The number of aryl methyl sites for hydroxylation is 2. The van der Waals surface area contributed by atoms with Gasteiger partial charge >= 0.3 is 5.97 Å². The highest BCUT2D eigenvalue weighted by Gasteiger charge is 2.44. The molecule has 1 saturated carbocycles. The summed E-state index contributed by atoms with van der Waals surface area (Å²) < 4.78 is 0. The van der Waals surface area contributed by atoms with Crippen LogP contribution in [0.5, 0.6) is 0 Å². The highest BCUT2D eigenvalue weighted by molar-refractivity contribution is 7.14. The molecule has 5 heteroatoms. The summed E-state index contributed by atoms with van der Waals surface area (Å²) in [7, 11) is 0. The van der Waals surface area contributed by atoms with Crippen molar-refractivity contribution in [2.45, 2.75) is 58.9 Å². The quantitative estimate of drug-likeness (QED) is 0.896. The minimum Gasteiger partial charge on any atom is -0.481 e. The predicted molar refractivity (Wildman–Crippen MR) is 83.9 cm³/mol. The lowest BCUT2D eigenvalue weighted by atomic mass is 9.71. The average Bonchev–Trinajstić information content (AvgIpc) is 2.82. The van der Waals surface area contributed by atoms with E-state index in [1.54, 1.807) is 6.92 Å². The Hall–Kier alpha value is -1.36. The number of hydrogen-bond donors (Lipinski definition) is 2. The van der Waals surface area contributed by atoms with Gasteiger partial charge < -0.3 is 10.4 Å². The van der Waals surface area contributed by atoms with Gasteiger partial charge in [0.2, 0.25) is 0 Å². The van der Waals surface area contributed by atoms with Gasteiger partial charge in [0, 0.05) is 10.9 Å². The lowest BCUT2D eigenvalue weighted by Gasteiger charge is -2.38. The van der Waals surface area contributed by atoms with E-state index in [0.717, 1.165) is 31.2 Å². The van der Waals surface area contributed by atoms with Gasteiger partial charge in [-0.05, 0) is 44.7 Å². The van der Waals surface area contributed by atoms with Crippen LogP contribution in [0, 0.1) is 12.3 Å². The molecular weight excluding hydrogens is 286 g/mol. The van der Waals surface area contributed by atoms with Crippen LogP contribution in [0.3, 0.4) is 0 Å². The van der Waals surface area contributed by atoms with Crippen LogP contribution in [0.2, 0.25) is 0 Å². The zero-order valence-corrected chi connectivity index (χ0v) is 13.7. The molecule has 0 radical (unpaired) electrons. The minimum atomic E-state index is -0.853. The van der Waals surface area contributed by atoms with E-state index in [1.165, 1.54) is 16.2 Å². The Bertz CT molecular complexity index is 552. The van der Waals surface area contributed by atoms with Crippen molar-refractivity contribution >= 4 is 23.2 Å². The number of carbonyl (C=O) groups is 2. The first-order valence-corrected chi connectivity index (χ1v) is 8.33. The predicted octanol–water partition coefficient (Wildman–Crippen LogP) is 3.38. The number of amides is 1. The maximum absolute atomic E-state index is 12.4. The molecule has 0 saturated heterocycles. The summed E-state index contributed by atoms with van der Waals surface area (Å²) in [6.45, 7) is 5.83. The molecule has 0 aliphatic heterocycles. The van der Waals surface area contributed by atoms with E-state index in [2.05, 4.69) is 12.2 Å². The summed E-state index contributed by atoms with van der Waals surface area (Å²) in [5.74, 6) is -0.953. The molecule has 1 aromatic rings. The first-order valence-electron chi connectivity index (χ1n) is 7.52. The summed E-state index contributed by atoms with van der Waals surface area (Å²) in [5, 5.41) is 12.5. The van der Waals surface area contributed by atoms with Gasteiger partial charge in [-0.15, -0.1) is 11.3 Å². The molecule has 116 valence electrons. The molecular formula is C16H23NO3S. The van der Waals surface area contributed by atoms with Crippen molar-refractivity contribution in [2.75, 3.05) is 0 Å². The molecule has 1 heterocycles. The van der Waals surface area contributed by atoms with Gasteiger partial charge in [-0.1, -0.05) is 19.8 Å². The molecule has 1 aromatic heterocycles. The molecule has 2 unspecified atom stereocenters. The van der Waals surface area contributed by atoms with Gasteiger partial charge in [-0.25, -0.2) is 0 Å². The third-order valence-corrected chi connectivity index (χ3v) is 5.95. The number of carboxylic acid groups (broad SMARTS) is 1. The van der Waals surface area contributed by atoms with Crippen LogP contribution >= 0.6 is 11.3 Å². The number of rotatable bonds is 4. The van der Waals surface area contributed by atoms with E-state index >= 15 is 0 Å². The van der Waals surface area contributed by atoms with E-state index in [4.69, 9.17) is 0 Å². The molecule has 1 aliphatic carbocycles. The molecule has 1 fully saturated rings. The summed E-state index contributed by atoms with van der Waals surface area (Å²) in [5.41, 5.74) is 0.283. The number of hydrogen-bond acceptors (Lipinski definition) is 3. The topological polar surface area (TPSA) is 66.4 Å². The van der Waals surface area contributed by atoms with Crippen molar-refractivity contribution in [1.82, 2.24) is 5.32 Å². The molecule has 21 heavy (non-hydrogen) atoms. The van der Waals surface area contributed by atoms with Crippen LogP contribution in [0.4, 0.5) is 0 Å². The van der Waals surface area contributed by atoms with Gasteiger partial charge in [0.05, 0.1) is 10.3 Å². The molecule has 1 aliphatic rings. The molecule has 1 amide bonds. The maximum atomic E-state index is 12.4. The van der Waals surface area contributed by atoms with Crippen LogP contribution in [0.25, 0.3) is 0 Å².